The molecule has 0 aliphatic carbocycles. The van der Waals surface area contributed by atoms with Crippen LogP contribution < -0.4 is 0 Å². The number of carbonyl (C=O) groups excluding carboxylic acids is 2. The standard InChI is InChI=1S/C13H12O10/c14-5-1-4(2-6(15)8(5)17)12(20)22-3-7(16)11-9(18)10(19)13(21)23-11/h1-2,7,11,14-19H,3H2/t7-,11+/m0/s1. The van der Waals surface area contributed by atoms with Gasteiger partial charge in [0.25, 0.3) is 0 Å². The molecule has 1 aliphatic rings. The number of esters is 2. The summed E-state index contributed by atoms with van der Waals surface area (Å²) in [5, 5.41) is 55.9. The smallest absolute Gasteiger partial charge is 0.377 e. The molecule has 10 heteroatoms. The average molecular weight is 328 g/mol. The molecule has 23 heavy (non-hydrogen) atoms. The Morgan fingerprint density at radius 3 is 2.22 bits per heavy atom. The van der Waals surface area contributed by atoms with Crippen LogP contribution in [0, 0.1) is 0 Å². The van der Waals surface area contributed by atoms with Crippen molar-refractivity contribution >= 4 is 11.9 Å². The van der Waals surface area contributed by atoms with Crippen molar-refractivity contribution in [2.75, 3.05) is 6.61 Å². The molecule has 2 atom stereocenters. The summed E-state index contributed by atoms with van der Waals surface area (Å²) in [5.74, 6) is -6.57. The second-order valence-electron chi connectivity index (χ2n) is 4.59. The number of aliphatic hydroxyl groups is 3. The van der Waals surface area contributed by atoms with Crippen LogP contribution in [0.2, 0.25) is 0 Å². The highest BCUT2D eigenvalue weighted by atomic mass is 16.6. The summed E-state index contributed by atoms with van der Waals surface area (Å²) in [6.45, 7) is -0.726. The van der Waals surface area contributed by atoms with Gasteiger partial charge in [0, 0.05) is 0 Å². The second kappa shape index (κ2) is 5.93. The van der Waals surface area contributed by atoms with Crippen molar-refractivity contribution < 1.29 is 49.7 Å². The first-order valence-corrected chi connectivity index (χ1v) is 6.15. The number of ether oxygens (including phenoxy) is 2. The third-order valence-electron chi connectivity index (χ3n) is 2.98. The molecule has 6 N–H and O–H groups in total. The van der Waals surface area contributed by atoms with E-state index >= 15 is 0 Å². The molecule has 0 unspecified atom stereocenters. The Bertz CT molecular complexity index is 669. The summed E-state index contributed by atoms with van der Waals surface area (Å²) in [6.07, 6.45) is -3.25. The Labute approximate surface area is 128 Å². The number of cyclic esters (lactones) is 1. The number of carbonyl (C=O) groups is 2. The maximum atomic E-state index is 11.7. The first-order valence-electron chi connectivity index (χ1n) is 6.15. The number of phenols is 3. The molecule has 0 spiro atoms. The van der Waals surface area contributed by atoms with Gasteiger partial charge in [-0.05, 0) is 12.1 Å². The van der Waals surface area contributed by atoms with Gasteiger partial charge in [-0.2, -0.15) is 0 Å². The molecule has 0 aromatic heterocycles. The zero-order valence-corrected chi connectivity index (χ0v) is 11.3. The van der Waals surface area contributed by atoms with E-state index in [1.807, 2.05) is 0 Å². The van der Waals surface area contributed by atoms with E-state index in [1.165, 1.54) is 0 Å². The van der Waals surface area contributed by atoms with Gasteiger partial charge in [0.05, 0.1) is 5.56 Å². The monoisotopic (exact) mass is 328 g/mol. The Morgan fingerprint density at radius 2 is 1.74 bits per heavy atom. The number of benzene rings is 1. The van der Waals surface area contributed by atoms with E-state index in [2.05, 4.69) is 9.47 Å². The van der Waals surface area contributed by atoms with Gasteiger partial charge in [0.1, 0.15) is 12.7 Å². The molecular weight excluding hydrogens is 316 g/mol. The van der Waals surface area contributed by atoms with E-state index in [4.69, 9.17) is 10.2 Å². The van der Waals surface area contributed by atoms with Crippen molar-refractivity contribution in [1.29, 1.82) is 0 Å². The van der Waals surface area contributed by atoms with E-state index in [9.17, 15) is 30.0 Å². The maximum Gasteiger partial charge on any atom is 0.377 e. The summed E-state index contributed by atoms with van der Waals surface area (Å²) in [6, 6.07) is 1.64. The molecule has 0 bridgehead atoms. The SMILES string of the molecule is O=C1O[C@H]([C@@H](O)COC(=O)c2cc(O)c(O)c(O)c2)C(O)=C1O. The Kier molecular flexibility index (Phi) is 4.18. The maximum absolute atomic E-state index is 11.7. The topological polar surface area (TPSA) is 174 Å². The van der Waals surface area contributed by atoms with Crippen LogP contribution in [0.5, 0.6) is 17.2 Å². The second-order valence-corrected chi connectivity index (χ2v) is 4.59. The molecule has 0 radical (unpaired) electrons. The molecule has 0 saturated carbocycles. The average Bonchev–Trinajstić information content (AvgIpc) is 2.77. The normalized spacial score (nSPS) is 18.7. The molecule has 124 valence electrons. The van der Waals surface area contributed by atoms with Crippen LogP contribution in [0.4, 0.5) is 0 Å². The predicted octanol–water partition coefficient (Wildman–Crippen LogP) is -0.426. The highest BCUT2D eigenvalue weighted by Gasteiger charge is 2.39. The van der Waals surface area contributed by atoms with Gasteiger partial charge < -0.3 is 40.1 Å². The predicted molar refractivity (Wildman–Crippen MR) is 69.9 cm³/mol. The van der Waals surface area contributed by atoms with Gasteiger partial charge in [-0.15, -0.1) is 0 Å². The van der Waals surface area contributed by atoms with Gasteiger partial charge >= 0.3 is 11.9 Å². The fraction of sp³-hybridized carbons (Fsp3) is 0.231. The van der Waals surface area contributed by atoms with Gasteiger partial charge in [-0.1, -0.05) is 0 Å². The number of hydrogen-bond acceptors (Lipinski definition) is 10. The van der Waals surface area contributed by atoms with Crippen LogP contribution in [0.25, 0.3) is 0 Å². The minimum absolute atomic E-state index is 0.323. The number of phenolic OH excluding ortho intramolecular Hbond substituents is 3. The molecule has 1 heterocycles. The lowest BCUT2D eigenvalue weighted by Gasteiger charge is -2.17. The molecule has 2 rings (SSSR count). The van der Waals surface area contributed by atoms with Crippen molar-refractivity contribution in [3.8, 4) is 17.2 Å². The lowest BCUT2D eigenvalue weighted by atomic mass is 10.1. The van der Waals surface area contributed by atoms with Crippen LogP contribution in [0.1, 0.15) is 10.4 Å². The van der Waals surface area contributed by atoms with E-state index in [0.717, 1.165) is 12.1 Å². The summed E-state index contributed by atoms with van der Waals surface area (Å²) in [5.41, 5.74) is -0.323. The van der Waals surface area contributed by atoms with Crippen LogP contribution in [0.3, 0.4) is 0 Å². The molecule has 0 saturated heterocycles. The zero-order chi connectivity index (χ0) is 17.3. The molecule has 0 amide bonds. The van der Waals surface area contributed by atoms with E-state index in [1.54, 1.807) is 0 Å². The zero-order valence-electron chi connectivity index (χ0n) is 11.3. The quantitative estimate of drug-likeness (QED) is 0.314. The van der Waals surface area contributed by atoms with Gasteiger partial charge in [0.2, 0.25) is 5.76 Å². The third-order valence-corrected chi connectivity index (χ3v) is 2.98. The molecular formula is C13H12O10. The lowest BCUT2D eigenvalue weighted by Crippen LogP contribution is -2.33. The molecule has 1 aromatic carbocycles. The van der Waals surface area contributed by atoms with Crippen LogP contribution in [0.15, 0.2) is 23.7 Å². The Hall–Kier alpha value is -3.14. The molecule has 1 aliphatic heterocycles. The van der Waals surface area contributed by atoms with Crippen molar-refractivity contribution in [2.24, 2.45) is 0 Å². The van der Waals surface area contributed by atoms with Crippen molar-refractivity contribution in [3.63, 3.8) is 0 Å². The summed E-state index contributed by atoms with van der Waals surface area (Å²) < 4.78 is 9.14. The molecule has 0 fully saturated rings. The van der Waals surface area contributed by atoms with Gasteiger partial charge in [-0.3, -0.25) is 0 Å². The number of aliphatic hydroxyl groups excluding tert-OH is 3. The number of hydrogen-bond donors (Lipinski definition) is 6. The van der Waals surface area contributed by atoms with Gasteiger partial charge in [0.15, 0.2) is 29.1 Å². The summed E-state index contributed by atoms with van der Waals surface area (Å²) >= 11 is 0. The number of rotatable bonds is 4. The van der Waals surface area contributed by atoms with Crippen molar-refractivity contribution in [1.82, 2.24) is 0 Å². The first kappa shape index (κ1) is 16.2. The summed E-state index contributed by atoms with van der Waals surface area (Å²) in [4.78, 5) is 22.7. The van der Waals surface area contributed by atoms with Crippen LogP contribution >= 0.6 is 0 Å². The van der Waals surface area contributed by atoms with Crippen LogP contribution in [-0.4, -0.2) is 61.4 Å². The third kappa shape index (κ3) is 3.06. The minimum Gasteiger partial charge on any atom is -0.505 e. The van der Waals surface area contributed by atoms with Crippen LogP contribution in [-0.2, 0) is 14.3 Å². The van der Waals surface area contributed by atoms with E-state index < -0.39 is 59.5 Å². The Morgan fingerprint density at radius 1 is 1.17 bits per heavy atom. The van der Waals surface area contributed by atoms with Gasteiger partial charge in [-0.25, -0.2) is 9.59 Å². The molecule has 1 aromatic rings. The first-order chi connectivity index (χ1) is 10.7. The van der Waals surface area contributed by atoms with Crippen molar-refractivity contribution in [3.05, 3.63) is 29.2 Å². The summed E-state index contributed by atoms with van der Waals surface area (Å²) in [7, 11) is 0. The molecule has 10 nitrogen and oxygen atoms in total. The number of aromatic hydroxyl groups is 3. The minimum atomic E-state index is -1.66. The highest BCUT2D eigenvalue weighted by Crippen LogP contribution is 2.35. The van der Waals surface area contributed by atoms with E-state index in [-0.39, 0.29) is 5.56 Å². The van der Waals surface area contributed by atoms with Crippen molar-refractivity contribution in [2.45, 2.75) is 12.2 Å². The fourth-order valence-corrected chi connectivity index (χ4v) is 1.78. The lowest BCUT2D eigenvalue weighted by molar-refractivity contribution is -0.147. The Balaban J connectivity index is 2.01. The fourth-order valence-electron chi connectivity index (χ4n) is 1.78. The van der Waals surface area contributed by atoms with E-state index in [0.29, 0.717) is 0 Å². The highest BCUT2D eigenvalue weighted by molar-refractivity contribution is 5.91. The largest absolute Gasteiger partial charge is 0.505 e.